The molecule has 0 spiro atoms. The van der Waals surface area contributed by atoms with Gasteiger partial charge in [0.25, 0.3) is 5.91 Å². The Bertz CT molecular complexity index is 408. The molecule has 0 saturated heterocycles. The van der Waals surface area contributed by atoms with Crippen molar-refractivity contribution >= 4 is 23.5 Å². The zero-order chi connectivity index (χ0) is 12.8. The van der Waals surface area contributed by atoms with E-state index in [4.69, 9.17) is 11.6 Å². The van der Waals surface area contributed by atoms with Crippen LogP contribution in [0.2, 0.25) is 5.15 Å². The van der Waals surface area contributed by atoms with E-state index in [1.165, 1.54) is 24.4 Å². The minimum atomic E-state index is -0.484. The molecule has 0 saturated carbocycles. The summed E-state index contributed by atoms with van der Waals surface area (Å²) in [6, 6.07) is 0. The van der Waals surface area contributed by atoms with E-state index >= 15 is 0 Å². The number of amides is 1. The maximum Gasteiger partial charge on any atom is 0.325 e. The van der Waals surface area contributed by atoms with Crippen LogP contribution in [-0.2, 0) is 9.53 Å². The Labute approximate surface area is 104 Å². The van der Waals surface area contributed by atoms with Gasteiger partial charge in [-0.2, -0.15) is 0 Å². The van der Waals surface area contributed by atoms with Crippen LogP contribution < -0.4 is 0 Å². The second kappa shape index (κ2) is 6.15. The van der Waals surface area contributed by atoms with Gasteiger partial charge in [-0.25, -0.2) is 9.97 Å². The van der Waals surface area contributed by atoms with Crippen LogP contribution in [0.25, 0.3) is 0 Å². The standard InChI is InChI=1S/C10H12ClN3O3/c1-3-14(6-9(15)17-2)10(16)7-4-13-8(11)5-12-7/h4-5H,3,6H2,1-2H3. The summed E-state index contributed by atoms with van der Waals surface area (Å²) in [6.45, 7) is 2.01. The van der Waals surface area contributed by atoms with Crippen LogP contribution in [0, 0.1) is 0 Å². The number of carbonyl (C=O) groups is 2. The molecular weight excluding hydrogens is 246 g/mol. The highest BCUT2D eigenvalue weighted by Crippen LogP contribution is 2.04. The third-order valence-electron chi connectivity index (χ3n) is 2.06. The first-order valence-corrected chi connectivity index (χ1v) is 5.30. The summed E-state index contributed by atoms with van der Waals surface area (Å²) in [6.07, 6.45) is 2.55. The lowest BCUT2D eigenvalue weighted by atomic mass is 10.3. The molecule has 1 aromatic rings. The number of likely N-dealkylation sites (N-methyl/N-ethyl adjacent to an activating group) is 1. The summed E-state index contributed by atoms with van der Waals surface area (Å²) in [5, 5.41) is 0.206. The number of hydrogen-bond donors (Lipinski definition) is 0. The SMILES string of the molecule is CCN(CC(=O)OC)C(=O)c1cnc(Cl)cn1. The van der Waals surface area contributed by atoms with E-state index in [1.54, 1.807) is 6.92 Å². The van der Waals surface area contributed by atoms with Crippen LogP contribution >= 0.6 is 11.6 Å². The third-order valence-corrected chi connectivity index (χ3v) is 2.25. The fraction of sp³-hybridized carbons (Fsp3) is 0.400. The highest BCUT2D eigenvalue weighted by molar-refractivity contribution is 6.29. The number of ether oxygens (including phenoxy) is 1. The Kier molecular flexibility index (Phi) is 4.84. The molecule has 0 N–H and O–H groups in total. The first-order valence-electron chi connectivity index (χ1n) is 4.92. The summed E-state index contributed by atoms with van der Waals surface area (Å²) in [5.74, 6) is -0.871. The minimum Gasteiger partial charge on any atom is -0.468 e. The highest BCUT2D eigenvalue weighted by atomic mass is 35.5. The largest absolute Gasteiger partial charge is 0.468 e. The molecule has 1 rings (SSSR count). The van der Waals surface area contributed by atoms with Crippen molar-refractivity contribution in [2.45, 2.75) is 6.92 Å². The summed E-state index contributed by atoms with van der Waals surface area (Å²) in [7, 11) is 1.27. The van der Waals surface area contributed by atoms with Crippen molar-refractivity contribution in [1.82, 2.24) is 14.9 Å². The lowest BCUT2D eigenvalue weighted by molar-refractivity contribution is -0.141. The van der Waals surface area contributed by atoms with Crippen LogP contribution in [-0.4, -0.2) is 46.9 Å². The number of methoxy groups -OCH3 is 1. The number of halogens is 1. The van der Waals surface area contributed by atoms with E-state index in [9.17, 15) is 9.59 Å². The fourth-order valence-electron chi connectivity index (χ4n) is 1.13. The van der Waals surface area contributed by atoms with Gasteiger partial charge in [-0.15, -0.1) is 0 Å². The lowest BCUT2D eigenvalue weighted by Gasteiger charge is -2.18. The number of carbonyl (C=O) groups excluding carboxylic acids is 2. The molecule has 0 aliphatic rings. The summed E-state index contributed by atoms with van der Waals surface area (Å²) < 4.78 is 4.50. The van der Waals surface area contributed by atoms with Gasteiger partial charge in [-0.3, -0.25) is 9.59 Å². The van der Waals surface area contributed by atoms with Crippen LogP contribution in [0.4, 0.5) is 0 Å². The van der Waals surface area contributed by atoms with E-state index in [1.807, 2.05) is 0 Å². The number of hydrogen-bond acceptors (Lipinski definition) is 5. The zero-order valence-corrected chi connectivity index (χ0v) is 10.3. The van der Waals surface area contributed by atoms with Gasteiger partial charge in [0.05, 0.1) is 19.5 Å². The molecule has 17 heavy (non-hydrogen) atoms. The van der Waals surface area contributed by atoms with E-state index in [2.05, 4.69) is 14.7 Å². The van der Waals surface area contributed by atoms with E-state index in [-0.39, 0.29) is 23.3 Å². The molecule has 0 aliphatic carbocycles. The number of aromatic nitrogens is 2. The fourth-order valence-corrected chi connectivity index (χ4v) is 1.23. The summed E-state index contributed by atoms with van der Waals surface area (Å²) in [5.41, 5.74) is 0.139. The molecule has 0 bridgehead atoms. The van der Waals surface area contributed by atoms with Crippen LogP contribution in [0.3, 0.4) is 0 Å². The lowest BCUT2D eigenvalue weighted by Crippen LogP contribution is -2.36. The van der Waals surface area contributed by atoms with Crippen LogP contribution in [0.1, 0.15) is 17.4 Å². The highest BCUT2D eigenvalue weighted by Gasteiger charge is 2.18. The normalized spacial score (nSPS) is 9.82. The van der Waals surface area contributed by atoms with Gasteiger partial charge >= 0.3 is 5.97 Å². The first-order chi connectivity index (χ1) is 8.08. The third kappa shape index (κ3) is 3.67. The molecule has 1 heterocycles. The van der Waals surface area contributed by atoms with Crippen LogP contribution in [0.5, 0.6) is 0 Å². The molecule has 0 aromatic carbocycles. The molecule has 92 valence electrons. The summed E-state index contributed by atoms with van der Waals surface area (Å²) >= 11 is 5.56. The molecule has 0 fully saturated rings. The van der Waals surface area contributed by atoms with Gasteiger partial charge < -0.3 is 9.64 Å². The van der Waals surface area contributed by atoms with Crippen molar-refractivity contribution in [3.05, 3.63) is 23.2 Å². The smallest absolute Gasteiger partial charge is 0.325 e. The van der Waals surface area contributed by atoms with E-state index in [0.717, 1.165) is 0 Å². The Morgan fingerprint density at radius 1 is 1.41 bits per heavy atom. The van der Waals surface area contributed by atoms with E-state index < -0.39 is 5.97 Å². The molecular formula is C10H12ClN3O3. The Hall–Kier alpha value is -1.69. The number of esters is 1. The topological polar surface area (TPSA) is 72.4 Å². The van der Waals surface area contributed by atoms with Gasteiger partial charge in [0.2, 0.25) is 0 Å². The Morgan fingerprint density at radius 3 is 2.59 bits per heavy atom. The van der Waals surface area contributed by atoms with Gasteiger partial charge in [-0.1, -0.05) is 11.6 Å². The second-order valence-electron chi connectivity index (χ2n) is 3.12. The van der Waals surface area contributed by atoms with Gasteiger partial charge in [0.1, 0.15) is 17.4 Å². The van der Waals surface area contributed by atoms with Crippen LogP contribution in [0.15, 0.2) is 12.4 Å². The monoisotopic (exact) mass is 257 g/mol. The average molecular weight is 258 g/mol. The Balaban J connectivity index is 2.78. The van der Waals surface area contributed by atoms with E-state index in [0.29, 0.717) is 6.54 Å². The van der Waals surface area contributed by atoms with Gasteiger partial charge in [0.15, 0.2) is 0 Å². The first kappa shape index (κ1) is 13.4. The maximum atomic E-state index is 11.9. The second-order valence-corrected chi connectivity index (χ2v) is 3.51. The maximum absolute atomic E-state index is 11.9. The van der Waals surface area contributed by atoms with Gasteiger partial charge in [0, 0.05) is 6.54 Å². The van der Waals surface area contributed by atoms with Crippen molar-refractivity contribution in [2.75, 3.05) is 20.2 Å². The molecule has 1 amide bonds. The van der Waals surface area contributed by atoms with Crippen molar-refractivity contribution in [3.8, 4) is 0 Å². The Morgan fingerprint density at radius 2 is 2.12 bits per heavy atom. The molecule has 7 heteroatoms. The van der Waals surface area contributed by atoms with Crippen molar-refractivity contribution in [1.29, 1.82) is 0 Å². The predicted octanol–water partition coefficient (Wildman–Crippen LogP) is 0.765. The molecule has 0 aliphatic heterocycles. The average Bonchev–Trinajstić information content (AvgIpc) is 2.35. The predicted molar refractivity (Wildman–Crippen MR) is 60.6 cm³/mol. The number of rotatable bonds is 4. The van der Waals surface area contributed by atoms with Crippen molar-refractivity contribution < 1.29 is 14.3 Å². The number of nitrogens with zero attached hydrogens (tertiary/aromatic N) is 3. The molecule has 1 aromatic heterocycles. The summed E-state index contributed by atoms with van der Waals surface area (Å²) in [4.78, 5) is 31.9. The molecule has 0 unspecified atom stereocenters. The zero-order valence-electron chi connectivity index (χ0n) is 9.51. The van der Waals surface area contributed by atoms with Crippen molar-refractivity contribution in [3.63, 3.8) is 0 Å². The van der Waals surface area contributed by atoms with Crippen molar-refractivity contribution in [2.24, 2.45) is 0 Å². The van der Waals surface area contributed by atoms with Gasteiger partial charge in [-0.05, 0) is 6.92 Å². The molecule has 0 radical (unpaired) electrons. The quantitative estimate of drug-likeness (QED) is 0.745. The molecule has 0 atom stereocenters. The molecule has 6 nitrogen and oxygen atoms in total. The minimum absolute atomic E-state index is 0.115.